The predicted octanol–water partition coefficient (Wildman–Crippen LogP) is -1.11. The number of aliphatic hydroxyl groups is 5. The monoisotopic (exact) mass is 372 g/mol. The Morgan fingerprint density at radius 2 is 1.62 bits per heavy atom. The maximum Gasteiger partial charge on any atom is 0.229 e. The van der Waals surface area contributed by atoms with Gasteiger partial charge in [0.05, 0.1) is 27.4 Å². The van der Waals surface area contributed by atoms with E-state index >= 15 is 0 Å². The smallest absolute Gasteiger partial charge is 0.229 e. The number of methoxy groups -OCH3 is 2. The first kappa shape index (κ1) is 20.4. The molecule has 0 aliphatic carbocycles. The molecule has 0 spiro atoms. The third-order valence-corrected chi connectivity index (χ3v) is 3.98. The van der Waals surface area contributed by atoms with Gasteiger partial charge in [0.25, 0.3) is 0 Å². The molecule has 0 aromatic heterocycles. The Balaban J connectivity index is 2.33. The summed E-state index contributed by atoms with van der Waals surface area (Å²) in [5.41, 5.74) is 0.675. The van der Waals surface area contributed by atoms with Gasteiger partial charge in [-0.2, -0.15) is 0 Å². The summed E-state index contributed by atoms with van der Waals surface area (Å²) in [6, 6.07) is 3.24. The van der Waals surface area contributed by atoms with E-state index in [4.69, 9.17) is 24.1 Å². The highest BCUT2D eigenvalue weighted by molar-refractivity contribution is 5.62. The summed E-state index contributed by atoms with van der Waals surface area (Å²) in [4.78, 5) is 0. The van der Waals surface area contributed by atoms with Crippen LogP contribution in [0.5, 0.6) is 17.2 Å². The van der Waals surface area contributed by atoms with Gasteiger partial charge in [-0.05, 0) is 17.7 Å². The molecule has 5 atom stereocenters. The minimum Gasteiger partial charge on any atom is -0.493 e. The summed E-state index contributed by atoms with van der Waals surface area (Å²) in [7, 11) is 2.82. The van der Waals surface area contributed by atoms with E-state index in [-0.39, 0.29) is 23.9 Å². The number of hydrogen-bond donors (Lipinski definition) is 5. The fourth-order valence-electron chi connectivity index (χ4n) is 2.58. The molecule has 1 saturated heterocycles. The second kappa shape index (κ2) is 9.17. The Morgan fingerprint density at radius 3 is 2.12 bits per heavy atom. The highest BCUT2D eigenvalue weighted by Gasteiger charge is 2.45. The first-order valence-electron chi connectivity index (χ1n) is 7.97. The predicted molar refractivity (Wildman–Crippen MR) is 90.1 cm³/mol. The fraction of sp³-hybridized carbons (Fsp3) is 0.529. The molecular weight excluding hydrogens is 348 g/mol. The first-order chi connectivity index (χ1) is 12.5. The SMILES string of the molecule is COc1cc(/C=C/CO)cc(OC)c1O[C@@H]1O[C@@H](CO)[C@H](O)[C@H](O)[C@H]1O. The summed E-state index contributed by atoms with van der Waals surface area (Å²) in [5.74, 6) is 0.637. The van der Waals surface area contributed by atoms with Crippen LogP contribution in [0, 0.1) is 0 Å². The van der Waals surface area contributed by atoms with E-state index in [1.807, 2.05) is 0 Å². The molecule has 5 N–H and O–H groups in total. The molecule has 0 unspecified atom stereocenters. The van der Waals surface area contributed by atoms with Crippen LogP contribution < -0.4 is 14.2 Å². The molecule has 0 bridgehead atoms. The van der Waals surface area contributed by atoms with Gasteiger partial charge in [-0.3, -0.25) is 0 Å². The Bertz CT molecular complexity index is 591. The average molecular weight is 372 g/mol. The zero-order chi connectivity index (χ0) is 19.3. The summed E-state index contributed by atoms with van der Waals surface area (Å²) in [6.45, 7) is -0.697. The lowest BCUT2D eigenvalue weighted by atomic mass is 9.99. The Morgan fingerprint density at radius 1 is 1.00 bits per heavy atom. The highest BCUT2D eigenvalue weighted by atomic mass is 16.7. The molecule has 26 heavy (non-hydrogen) atoms. The zero-order valence-corrected chi connectivity index (χ0v) is 14.5. The number of rotatable bonds is 7. The zero-order valence-electron chi connectivity index (χ0n) is 14.5. The van der Waals surface area contributed by atoms with Crippen LogP contribution in [0.2, 0.25) is 0 Å². The summed E-state index contributed by atoms with van der Waals surface area (Å²) in [6.07, 6.45) is -3.88. The molecule has 1 heterocycles. The molecule has 0 radical (unpaired) electrons. The van der Waals surface area contributed by atoms with Gasteiger partial charge in [0.15, 0.2) is 11.5 Å². The van der Waals surface area contributed by atoms with Crippen LogP contribution in [0.3, 0.4) is 0 Å². The lowest BCUT2D eigenvalue weighted by Crippen LogP contribution is -2.60. The molecule has 1 aliphatic rings. The molecule has 9 nitrogen and oxygen atoms in total. The Hall–Kier alpha value is -1.88. The van der Waals surface area contributed by atoms with Crippen molar-refractivity contribution in [3.05, 3.63) is 23.8 Å². The number of aliphatic hydroxyl groups excluding tert-OH is 5. The van der Waals surface area contributed by atoms with Crippen molar-refractivity contribution in [2.75, 3.05) is 27.4 Å². The van der Waals surface area contributed by atoms with Crippen LogP contribution in [0.4, 0.5) is 0 Å². The topological polar surface area (TPSA) is 138 Å². The standard InChI is InChI=1S/C17H24O9/c1-23-10-6-9(4-3-5-18)7-11(24-2)16(10)26-17-15(22)14(21)13(20)12(8-19)25-17/h3-4,6-7,12-15,17-22H,5,8H2,1-2H3/b4-3+/t12-,13-,14-,15+,17-/m0/s1. The Labute approximate surface area is 150 Å². The van der Waals surface area contributed by atoms with E-state index < -0.39 is 37.3 Å². The van der Waals surface area contributed by atoms with Crippen molar-refractivity contribution < 1.29 is 44.5 Å². The van der Waals surface area contributed by atoms with Crippen LogP contribution in [0.25, 0.3) is 6.08 Å². The molecule has 2 rings (SSSR count). The summed E-state index contributed by atoms with van der Waals surface area (Å²) < 4.78 is 21.6. The molecule has 1 aromatic rings. The largest absolute Gasteiger partial charge is 0.493 e. The van der Waals surface area contributed by atoms with Gasteiger partial charge < -0.3 is 44.5 Å². The quantitative estimate of drug-likeness (QED) is 0.403. The molecule has 1 aromatic carbocycles. The maximum absolute atomic E-state index is 10.1. The van der Waals surface area contributed by atoms with Gasteiger partial charge in [0.2, 0.25) is 12.0 Å². The molecule has 0 saturated carbocycles. The third kappa shape index (κ3) is 4.26. The van der Waals surface area contributed by atoms with Crippen molar-refractivity contribution in [2.45, 2.75) is 30.7 Å². The van der Waals surface area contributed by atoms with Crippen LogP contribution in [-0.4, -0.2) is 83.7 Å². The first-order valence-corrected chi connectivity index (χ1v) is 7.97. The summed E-state index contributed by atoms with van der Waals surface area (Å²) in [5, 5.41) is 48.0. The van der Waals surface area contributed by atoms with Crippen molar-refractivity contribution in [3.63, 3.8) is 0 Å². The van der Waals surface area contributed by atoms with Gasteiger partial charge in [0, 0.05) is 0 Å². The molecule has 1 aliphatic heterocycles. The van der Waals surface area contributed by atoms with Crippen molar-refractivity contribution in [2.24, 2.45) is 0 Å². The molecule has 0 amide bonds. The lowest BCUT2D eigenvalue weighted by Gasteiger charge is -2.39. The maximum atomic E-state index is 10.1. The number of benzene rings is 1. The average Bonchev–Trinajstić information content (AvgIpc) is 2.66. The van der Waals surface area contributed by atoms with Gasteiger partial charge >= 0.3 is 0 Å². The van der Waals surface area contributed by atoms with Gasteiger partial charge in [-0.1, -0.05) is 12.2 Å². The van der Waals surface area contributed by atoms with Crippen molar-refractivity contribution in [3.8, 4) is 17.2 Å². The van der Waals surface area contributed by atoms with E-state index in [0.717, 1.165) is 0 Å². The second-order valence-corrected chi connectivity index (χ2v) is 5.65. The molecule has 9 heteroatoms. The third-order valence-electron chi connectivity index (χ3n) is 3.98. The van der Waals surface area contributed by atoms with Crippen LogP contribution in [-0.2, 0) is 4.74 Å². The number of ether oxygens (including phenoxy) is 4. The van der Waals surface area contributed by atoms with Crippen LogP contribution in [0.1, 0.15) is 5.56 Å². The second-order valence-electron chi connectivity index (χ2n) is 5.65. The van der Waals surface area contributed by atoms with Crippen LogP contribution >= 0.6 is 0 Å². The fourth-order valence-corrected chi connectivity index (χ4v) is 2.58. The van der Waals surface area contributed by atoms with Crippen molar-refractivity contribution in [1.29, 1.82) is 0 Å². The minimum absolute atomic E-state index is 0.112. The normalized spacial score (nSPS) is 29.0. The van der Waals surface area contributed by atoms with E-state index in [0.29, 0.717) is 5.56 Å². The van der Waals surface area contributed by atoms with Crippen molar-refractivity contribution >= 4 is 6.08 Å². The molecule has 146 valence electrons. The minimum atomic E-state index is -1.56. The number of hydrogen-bond acceptors (Lipinski definition) is 9. The van der Waals surface area contributed by atoms with Crippen LogP contribution in [0.15, 0.2) is 18.2 Å². The van der Waals surface area contributed by atoms with E-state index in [9.17, 15) is 20.4 Å². The lowest BCUT2D eigenvalue weighted by molar-refractivity contribution is -0.277. The molecule has 1 fully saturated rings. The van der Waals surface area contributed by atoms with Gasteiger partial charge in [-0.25, -0.2) is 0 Å². The highest BCUT2D eigenvalue weighted by Crippen LogP contribution is 2.40. The van der Waals surface area contributed by atoms with E-state index in [2.05, 4.69) is 0 Å². The summed E-state index contributed by atoms with van der Waals surface area (Å²) >= 11 is 0. The van der Waals surface area contributed by atoms with Gasteiger partial charge in [0.1, 0.15) is 24.4 Å². The van der Waals surface area contributed by atoms with Gasteiger partial charge in [-0.15, -0.1) is 0 Å². The Kier molecular flexibility index (Phi) is 7.21. The van der Waals surface area contributed by atoms with Crippen molar-refractivity contribution in [1.82, 2.24) is 0 Å². The molecular formula is C17H24O9. The van der Waals surface area contributed by atoms with E-state index in [1.54, 1.807) is 18.2 Å². The van der Waals surface area contributed by atoms with E-state index in [1.165, 1.54) is 20.3 Å².